The van der Waals surface area contributed by atoms with Crippen molar-refractivity contribution in [3.8, 4) is 0 Å². The second kappa shape index (κ2) is 9.85. The first-order valence-corrected chi connectivity index (χ1v) is 5.05. The zero-order valence-electron chi connectivity index (χ0n) is 9.79. The smallest absolute Gasteiger partial charge is 0.262 e. The normalized spacial score (nSPS) is 10.9. The first-order valence-electron chi connectivity index (χ1n) is 5.05. The lowest BCUT2D eigenvalue weighted by atomic mass is 10.4. The van der Waals surface area contributed by atoms with Crippen LogP contribution in [0.3, 0.4) is 0 Å². The summed E-state index contributed by atoms with van der Waals surface area (Å²) >= 11 is 0. The van der Waals surface area contributed by atoms with Crippen molar-refractivity contribution in [1.29, 1.82) is 0 Å². The molecule has 16 heavy (non-hydrogen) atoms. The number of amides is 1. The van der Waals surface area contributed by atoms with Gasteiger partial charge in [-0.15, -0.1) is 0 Å². The molecule has 0 rings (SSSR count). The van der Waals surface area contributed by atoms with Gasteiger partial charge in [0, 0.05) is 13.6 Å². The number of hydrogen-bond acceptors (Lipinski definition) is 4. The van der Waals surface area contributed by atoms with Crippen molar-refractivity contribution >= 4 is 18.5 Å². The van der Waals surface area contributed by atoms with Crippen molar-refractivity contribution in [2.24, 2.45) is 9.98 Å². The third-order valence-electron chi connectivity index (χ3n) is 1.65. The van der Waals surface area contributed by atoms with Crippen LogP contribution in [0, 0.1) is 0 Å². The fourth-order valence-electron chi connectivity index (χ4n) is 0.812. The average molecular weight is 225 g/mol. The Balaban J connectivity index is 3.66. The first kappa shape index (κ1) is 14.3. The Morgan fingerprint density at radius 1 is 1.38 bits per heavy atom. The minimum Gasteiger partial charge on any atom is -0.370 e. The molecule has 0 aromatic heterocycles. The van der Waals surface area contributed by atoms with Crippen molar-refractivity contribution in [3.63, 3.8) is 0 Å². The predicted molar refractivity (Wildman–Crippen MR) is 66.7 cm³/mol. The van der Waals surface area contributed by atoms with Gasteiger partial charge in [-0.25, -0.2) is 9.98 Å². The highest BCUT2D eigenvalue weighted by molar-refractivity contribution is 6.27. The molecule has 1 amide bonds. The van der Waals surface area contributed by atoms with Gasteiger partial charge in [0.2, 0.25) is 0 Å². The topological polar surface area (TPSA) is 77.9 Å². The maximum absolute atomic E-state index is 10.7. The van der Waals surface area contributed by atoms with Crippen LogP contribution in [0.2, 0.25) is 0 Å². The molecular formula is C10H19N5O. The van der Waals surface area contributed by atoms with E-state index in [0.29, 0.717) is 5.82 Å². The van der Waals surface area contributed by atoms with Crippen molar-refractivity contribution in [2.45, 2.75) is 6.42 Å². The summed E-state index contributed by atoms with van der Waals surface area (Å²) in [7, 11) is 3.44. The molecule has 0 atom stereocenters. The van der Waals surface area contributed by atoms with Gasteiger partial charge in [-0.1, -0.05) is 6.58 Å². The van der Waals surface area contributed by atoms with Crippen molar-refractivity contribution in [3.05, 3.63) is 12.4 Å². The molecule has 6 heteroatoms. The number of carbonyl (C=O) groups is 1. The van der Waals surface area contributed by atoms with Gasteiger partial charge in [0.25, 0.3) is 5.91 Å². The molecule has 0 bridgehead atoms. The van der Waals surface area contributed by atoms with Crippen molar-refractivity contribution in [1.82, 2.24) is 16.0 Å². The highest BCUT2D eigenvalue weighted by Crippen LogP contribution is 1.85. The van der Waals surface area contributed by atoms with Gasteiger partial charge in [-0.2, -0.15) is 0 Å². The van der Waals surface area contributed by atoms with Crippen LogP contribution in [-0.4, -0.2) is 45.6 Å². The van der Waals surface area contributed by atoms with E-state index in [4.69, 9.17) is 0 Å². The minimum absolute atomic E-state index is 0.265. The second-order valence-electron chi connectivity index (χ2n) is 2.97. The quantitative estimate of drug-likeness (QED) is 0.296. The molecule has 0 saturated heterocycles. The highest BCUT2D eigenvalue weighted by atomic mass is 16.1. The van der Waals surface area contributed by atoms with Gasteiger partial charge in [0.1, 0.15) is 12.2 Å². The lowest BCUT2D eigenvalue weighted by molar-refractivity contribution is -0.113. The summed E-state index contributed by atoms with van der Waals surface area (Å²) in [4.78, 5) is 18.3. The van der Waals surface area contributed by atoms with Gasteiger partial charge in [-0.05, 0) is 20.0 Å². The Kier molecular flexibility index (Phi) is 8.81. The molecule has 0 heterocycles. The summed E-state index contributed by atoms with van der Waals surface area (Å²) in [6.45, 7) is 5.43. The SMILES string of the molecule is C=C(N=CN=CC(=O)NC)NCCCNC. The molecule has 0 spiro atoms. The van der Waals surface area contributed by atoms with E-state index in [1.165, 1.54) is 13.4 Å². The molecule has 0 aliphatic heterocycles. The molecule has 90 valence electrons. The molecular weight excluding hydrogens is 206 g/mol. The maximum Gasteiger partial charge on any atom is 0.262 e. The molecule has 0 aromatic carbocycles. The zero-order valence-corrected chi connectivity index (χ0v) is 9.79. The van der Waals surface area contributed by atoms with E-state index in [-0.39, 0.29) is 5.91 Å². The van der Waals surface area contributed by atoms with Gasteiger partial charge in [0.05, 0.1) is 6.21 Å². The Bertz CT molecular complexity index is 272. The van der Waals surface area contributed by atoms with Crippen LogP contribution >= 0.6 is 0 Å². The second-order valence-corrected chi connectivity index (χ2v) is 2.97. The molecule has 0 saturated carbocycles. The lowest BCUT2D eigenvalue weighted by Crippen LogP contribution is -2.19. The number of rotatable bonds is 8. The van der Waals surface area contributed by atoms with E-state index in [1.54, 1.807) is 0 Å². The summed E-state index contributed by atoms with van der Waals surface area (Å²) in [6.07, 6.45) is 3.42. The van der Waals surface area contributed by atoms with E-state index < -0.39 is 0 Å². The molecule has 0 aliphatic rings. The largest absolute Gasteiger partial charge is 0.370 e. The Morgan fingerprint density at radius 3 is 2.75 bits per heavy atom. The Morgan fingerprint density at radius 2 is 2.12 bits per heavy atom. The van der Waals surface area contributed by atoms with E-state index in [9.17, 15) is 4.79 Å². The molecule has 0 aromatic rings. The standard InChI is InChI=1S/C10H19N5O/c1-9(14-6-4-5-11-2)15-8-13-7-10(16)12-3/h7-8,11,14H,1,4-6H2,2-3H3,(H,12,16). The van der Waals surface area contributed by atoms with Crippen LogP contribution < -0.4 is 16.0 Å². The number of nitrogens with one attached hydrogen (secondary N) is 3. The third-order valence-corrected chi connectivity index (χ3v) is 1.65. The molecule has 3 N–H and O–H groups in total. The highest BCUT2D eigenvalue weighted by Gasteiger charge is 1.88. The van der Waals surface area contributed by atoms with E-state index in [2.05, 4.69) is 32.5 Å². The van der Waals surface area contributed by atoms with E-state index in [0.717, 1.165) is 25.7 Å². The fourth-order valence-corrected chi connectivity index (χ4v) is 0.812. The number of carbonyl (C=O) groups excluding carboxylic acids is 1. The molecule has 6 nitrogen and oxygen atoms in total. The molecule has 0 fully saturated rings. The van der Waals surface area contributed by atoms with Crippen LogP contribution in [0.1, 0.15) is 6.42 Å². The number of aliphatic imine (C=N–C) groups is 2. The van der Waals surface area contributed by atoms with Crippen LogP contribution in [0.25, 0.3) is 0 Å². The van der Waals surface area contributed by atoms with Crippen LogP contribution in [0.15, 0.2) is 22.4 Å². The van der Waals surface area contributed by atoms with Crippen molar-refractivity contribution in [2.75, 3.05) is 27.2 Å². The monoisotopic (exact) mass is 225 g/mol. The molecule has 0 aliphatic carbocycles. The molecule has 0 radical (unpaired) electrons. The van der Waals surface area contributed by atoms with Crippen LogP contribution in [0.5, 0.6) is 0 Å². The maximum atomic E-state index is 10.7. The van der Waals surface area contributed by atoms with Crippen LogP contribution in [-0.2, 0) is 4.79 Å². The van der Waals surface area contributed by atoms with Gasteiger partial charge in [0.15, 0.2) is 0 Å². The zero-order chi connectivity index (χ0) is 12.2. The van der Waals surface area contributed by atoms with Gasteiger partial charge in [-0.3, -0.25) is 4.79 Å². The predicted octanol–water partition coefficient (Wildman–Crippen LogP) is -0.498. The summed E-state index contributed by atoms with van der Waals surface area (Å²) in [6, 6.07) is 0. The van der Waals surface area contributed by atoms with Gasteiger partial charge >= 0.3 is 0 Å². The summed E-state index contributed by atoms with van der Waals surface area (Å²) in [5.41, 5.74) is 0. The summed E-state index contributed by atoms with van der Waals surface area (Å²) < 4.78 is 0. The minimum atomic E-state index is -0.265. The van der Waals surface area contributed by atoms with Crippen molar-refractivity contribution < 1.29 is 4.79 Å². The lowest BCUT2D eigenvalue weighted by Gasteiger charge is -2.03. The number of hydrogen-bond donors (Lipinski definition) is 3. The fraction of sp³-hybridized carbons (Fsp3) is 0.500. The van der Waals surface area contributed by atoms with E-state index >= 15 is 0 Å². The Labute approximate surface area is 95.9 Å². The average Bonchev–Trinajstić information content (AvgIpc) is 2.30. The third kappa shape index (κ3) is 8.89. The van der Waals surface area contributed by atoms with Crippen LogP contribution in [0.4, 0.5) is 0 Å². The molecule has 0 unspecified atom stereocenters. The first-order chi connectivity index (χ1) is 7.70. The number of nitrogens with zero attached hydrogens (tertiary/aromatic N) is 2. The van der Waals surface area contributed by atoms with Gasteiger partial charge < -0.3 is 16.0 Å². The van der Waals surface area contributed by atoms with E-state index in [1.807, 2.05) is 7.05 Å². The summed E-state index contributed by atoms with van der Waals surface area (Å²) in [5.74, 6) is 0.268. The summed E-state index contributed by atoms with van der Waals surface area (Å²) in [5, 5.41) is 8.46. The Hall–Kier alpha value is -1.69.